The zero-order valence-electron chi connectivity index (χ0n) is 27.5. The van der Waals surface area contributed by atoms with Crippen molar-refractivity contribution in [2.45, 2.75) is 5.41 Å². The summed E-state index contributed by atoms with van der Waals surface area (Å²) in [7, 11) is 0. The van der Waals surface area contributed by atoms with E-state index in [9.17, 15) is 0 Å². The summed E-state index contributed by atoms with van der Waals surface area (Å²) in [4.78, 5) is 17.0. The molecule has 8 aromatic rings. The van der Waals surface area contributed by atoms with Crippen molar-refractivity contribution in [1.29, 1.82) is 0 Å². The quantitative estimate of drug-likeness (QED) is 0.189. The Kier molecular flexibility index (Phi) is 6.64. The molecule has 0 saturated heterocycles. The fourth-order valence-corrected chi connectivity index (χ4v) is 7.84. The molecule has 2 aromatic heterocycles. The number of nitrogens with zero attached hydrogens (tertiary/aromatic N) is 4. The van der Waals surface area contributed by atoms with E-state index in [2.05, 4.69) is 131 Å². The first-order chi connectivity index (χ1) is 25.3. The van der Waals surface area contributed by atoms with Crippen LogP contribution in [-0.2, 0) is 5.41 Å². The van der Waals surface area contributed by atoms with Crippen molar-refractivity contribution in [1.82, 2.24) is 15.0 Å². The van der Waals surface area contributed by atoms with Gasteiger partial charge in [0.2, 0.25) is 0 Å². The maximum Gasteiger partial charge on any atom is 0.160 e. The fraction of sp³-hybridized carbons (Fsp3) is 0.0217. The van der Waals surface area contributed by atoms with Gasteiger partial charge in [-0.2, -0.15) is 0 Å². The Balaban J connectivity index is 1.14. The first-order valence-electron chi connectivity index (χ1n) is 17.1. The van der Waals surface area contributed by atoms with Gasteiger partial charge in [0.1, 0.15) is 11.5 Å². The summed E-state index contributed by atoms with van der Waals surface area (Å²) in [6.45, 7) is 0. The second-order valence-corrected chi connectivity index (χ2v) is 12.8. The number of aromatic nitrogens is 3. The highest BCUT2D eigenvalue weighted by Crippen LogP contribution is 2.62. The van der Waals surface area contributed by atoms with Crippen LogP contribution < -0.4 is 9.64 Å². The lowest BCUT2D eigenvalue weighted by Crippen LogP contribution is -2.39. The van der Waals surface area contributed by atoms with Crippen LogP contribution in [0.25, 0.3) is 34.0 Å². The number of anilines is 3. The van der Waals surface area contributed by atoms with Gasteiger partial charge in [-0.05, 0) is 77.9 Å². The molecule has 0 atom stereocenters. The zero-order valence-corrected chi connectivity index (χ0v) is 27.5. The normalized spacial score (nSPS) is 13.4. The number of hydrogen-bond donors (Lipinski definition) is 0. The smallest absolute Gasteiger partial charge is 0.160 e. The van der Waals surface area contributed by atoms with Gasteiger partial charge in [-0.3, -0.25) is 4.98 Å². The number of hydrogen-bond acceptors (Lipinski definition) is 5. The van der Waals surface area contributed by atoms with Gasteiger partial charge in [-0.15, -0.1) is 0 Å². The molecule has 0 aliphatic carbocycles. The van der Waals surface area contributed by atoms with Crippen LogP contribution in [0, 0.1) is 0 Å². The van der Waals surface area contributed by atoms with Crippen LogP contribution in [0.1, 0.15) is 22.3 Å². The molecule has 0 saturated carbocycles. The second-order valence-electron chi connectivity index (χ2n) is 12.8. The van der Waals surface area contributed by atoms with Crippen LogP contribution in [0.4, 0.5) is 17.1 Å². The molecule has 5 heteroatoms. The molecule has 0 amide bonds. The molecule has 5 nitrogen and oxygen atoms in total. The number of benzene rings is 6. The number of rotatable bonds is 4. The molecule has 2 aliphatic rings. The van der Waals surface area contributed by atoms with Gasteiger partial charge in [0.15, 0.2) is 5.82 Å². The maximum atomic E-state index is 6.55. The van der Waals surface area contributed by atoms with Crippen molar-refractivity contribution in [2.24, 2.45) is 0 Å². The van der Waals surface area contributed by atoms with Crippen LogP contribution in [0.2, 0.25) is 0 Å². The minimum Gasteiger partial charge on any atom is -0.457 e. The van der Waals surface area contributed by atoms with Crippen LogP contribution in [0.15, 0.2) is 182 Å². The van der Waals surface area contributed by atoms with Crippen LogP contribution >= 0.6 is 0 Å². The molecule has 0 N–H and O–H groups in total. The Morgan fingerprint density at radius 3 is 1.61 bits per heavy atom. The summed E-state index contributed by atoms with van der Waals surface area (Å²) in [6, 6.07) is 61.2. The predicted octanol–water partition coefficient (Wildman–Crippen LogP) is 11.1. The Bertz CT molecular complexity index is 2410. The van der Waals surface area contributed by atoms with E-state index < -0.39 is 5.41 Å². The van der Waals surface area contributed by atoms with Crippen LogP contribution in [0.3, 0.4) is 0 Å². The molecule has 4 heterocycles. The molecular formula is C46H30N4O. The van der Waals surface area contributed by atoms with Gasteiger partial charge in [-0.1, -0.05) is 109 Å². The first-order valence-corrected chi connectivity index (χ1v) is 17.1. The lowest BCUT2D eigenvalue weighted by Gasteiger charge is -2.48. The van der Waals surface area contributed by atoms with E-state index in [1.165, 1.54) is 11.1 Å². The minimum atomic E-state index is -0.567. The summed E-state index contributed by atoms with van der Waals surface area (Å²) < 4.78 is 6.55. The largest absolute Gasteiger partial charge is 0.457 e. The summed E-state index contributed by atoms with van der Waals surface area (Å²) >= 11 is 0. The SMILES string of the molecule is c1ccc(-c2cc(-c3ccccn3)nc(-c3ccc(N4c5ccccc5C5(c6ccccc6Oc6ccccc65)c5ccccc54)cc3)n2)cc1. The van der Waals surface area contributed by atoms with Gasteiger partial charge in [0, 0.05) is 34.1 Å². The molecule has 2 aliphatic heterocycles. The number of pyridine rings is 1. The van der Waals surface area contributed by atoms with E-state index in [1.807, 2.05) is 54.6 Å². The summed E-state index contributed by atoms with van der Waals surface area (Å²) in [6.07, 6.45) is 1.80. The van der Waals surface area contributed by atoms with Gasteiger partial charge >= 0.3 is 0 Å². The Hall–Kier alpha value is -6.85. The Morgan fingerprint density at radius 1 is 0.431 bits per heavy atom. The van der Waals surface area contributed by atoms with E-state index in [4.69, 9.17) is 14.7 Å². The third kappa shape index (κ3) is 4.52. The number of fused-ring (bicyclic) bond motifs is 8. The van der Waals surface area contributed by atoms with Gasteiger partial charge < -0.3 is 9.64 Å². The average molecular weight is 655 g/mol. The van der Waals surface area contributed by atoms with E-state index in [-0.39, 0.29) is 0 Å². The maximum absolute atomic E-state index is 6.55. The van der Waals surface area contributed by atoms with Crippen molar-refractivity contribution in [2.75, 3.05) is 4.90 Å². The molecule has 51 heavy (non-hydrogen) atoms. The first kappa shape index (κ1) is 29.1. The van der Waals surface area contributed by atoms with E-state index in [0.717, 1.165) is 67.9 Å². The molecule has 240 valence electrons. The lowest BCUT2D eigenvalue weighted by molar-refractivity contribution is 0.434. The molecule has 0 bridgehead atoms. The molecular weight excluding hydrogens is 625 g/mol. The molecule has 6 aromatic carbocycles. The third-order valence-electron chi connectivity index (χ3n) is 10.0. The number of ether oxygens (including phenoxy) is 1. The van der Waals surface area contributed by atoms with Crippen molar-refractivity contribution < 1.29 is 4.74 Å². The molecule has 1 spiro atoms. The highest BCUT2D eigenvalue weighted by atomic mass is 16.5. The van der Waals surface area contributed by atoms with Gasteiger partial charge in [0.25, 0.3) is 0 Å². The van der Waals surface area contributed by atoms with Crippen LogP contribution in [0.5, 0.6) is 11.5 Å². The summed E-state index contributed by atoms with van der Waals surface area (Å²) in [5.74, 6) is 2.40. The minimum absolute atomic E-state index is 0.567. The Morgan fingerprint density at radius 2 is 0.980 bits per heavy atom. The second kappa shape index (κ2) is 11.6. The fourth-order valence-electron chi connectivity index (χ4n) is 7.84. The van der Waals surface area contributed by atoms with E-state index >= 15 is 0 Å². The molecule has 10 rings (SSSR count). The lowest BCUT2D eigenvalue weighted by atomic mass is 9.61. The van der Waals surface area contributed by atoms with Gasteiger partial charge in [0.05, 0.1) is 33.9 Å². The van der Waals surface area contributed by atoms with E-state index in [0.29, 0.717) is 5.82 Å². The highest BCUT2D eigenvalue weighted by molar-refractivity contribution is 5.91. The summed E-state index contributed by atoms with van der Waals surface area (Å²) in [5.41, 5.74) is 11.8. The van der Waals surface area contributed by atoms with Gasteiger partial charge in [-0.25, -0.2) is 9.97 Å². The molecule has 0 radical (unpaired) electrons. The standard InChI is InChI=1S/C46H30N4O/c1-2-14-31(15-3-1)39-30-40(38-20-12-13-29-47-38)49-45(48-39)32-25-27-33(28-26-32)50-41-21-8-4-16-34(41)46(35-17-5-9-22-42(35)50)36-18-6-10-23-43(36)51-44-24-11-7-19-37(44)46/h1-30H. The predicted molar refractivity (Wildman–Crippen MR) is 203 cm³/mol. The summed E-state index contributed by atoms with van der Waals surface area (Å²) in [5, 5.41) is 0. The monoisotopic (exact) mass is 654 g/mol. The Labute approximate surface area is 296 Å². The van der Waals surface area contributed by atoms with E-state index in [1.54, 1.807) is 6.20 Å². The zero-order chi connectivity index (χ0) is 33.8. The van der Waals surface area contributed by atoms with Crippen molar-refractivity contribution in [3.63, 3.8) is 0 Å². The van der Waals surface area contributed by atoms with Crippen molar-refractivity contribution in [3.05, 3.63) is 204 Å². The van der Waals surface area contributed by atoms with Crippen molar-refractivity contribution >= 4 is 17.1 Å². The van der Waals surface area contributed by atoms with Crippen LogP contribution in [-0.4, -0.2) is 15.0 Å². The van der Waals surface area contributed by atoms with Crippen molar-refractivity contribution in [3.8, 4) is 45.5 Å². The number of para-hydroxylation sites is 4. The average Bonchev–Trinajstić information content (AvgIpc) is 3.21. The highest BCUT2D eigenvalue weighted by Gasteiger charge is 2.50. The topological polar surface area (TPSA) is 51.1 Å². The molecule has 0 fully saturated rings. The third-order valence-corrected chi connectivity index (χ3v) is 10.0. The molecule has 0 unspecified atom stereocenters.